The van der Waals surface area contributed by atoms with E-state index in [1.165, 1.54) is 11.1 Å². The molecule has 0 aliphatic carbocycles. The predicted molar refractivity (Wildman–Crippen MR) is 42.1 cm³/mol. The van der Waals surface area contributed by atoms with Gasteiger partial charge in [-0.05, 0) is 19.4 Å². The number of aryl methyl sites for hydroxylation is 2. The first-order valence-corrected chi connectivity index (χ1v) is 3.61. The molecule has 0 N–H and O–H groups in total. The quantitative estimate of drug-likeness (QED) is 0.505. The normalized spacial score (nSPS) is 10.0. The first-order valence-electron chi connectivity index (χ1n) is 3.23. The van der Waals surface area contributed by atoms with Crippen molar-refractivity contribution in [2.24, 2.45) is 7.05 Å². The van der Waals surface area contributed by atoms with Gasteiger partial charge in [-0.2, -0.15) is 0 Å². The van der Waals surface area contributed by atoms with Crippen LogP contribution in [-0.4, -0.2) is 0 Å². The van der Waals surface area contributed by atoms with Gasteiger partial charge in [-0.1, -0.05) is 11.6 Å². The van der Waals surface area contributed by atoms with Gasteiger partial charge in [0.25, 0.3) is 0 Å². The van der Waals surface area contributed by atoms with Crippen molar-refractivity contribution in [3.8, 4) is 0 Å². The second-order valence-corrected chi connectivity index (χ2v) is 2.99. The summed E-state index contributed by atoms with van der Waals surface area (Å²) in [6.07, 6.45) is 3.96. The average Bonchev–Trinajstić information content (AvgIpc) is 1.82. The fourth-order valence-corrected chi connectivity index (χ4v) is 1.21. The van der Waals surface area contributed by atoms with Crippen molar-refractivity contribution < 1.29 is 4.57 Å². The summed E-state index contributed by atoms with van der Waals surface area (Å²) in [6, 6.07) is 0. The molecule has 0 atom stereocenters. The van der Waals surface area contributed by atoms with Crippen molar-refractivity contribution in [3.63, 3.8) is 0 Å². The molecular weight excluding hydrogens is 146 g/mol. The highest BCUT2D eigenvalue weighted by molar-refractivity contribution is 6.31. The summed E-state index contributed by atoms with van der Waals surface area (Å²) in [5.74, 6) is 0. The Labute approximate surface area is 66.3 Å². The van der Waals surface area contributed by atoms with E-state index in [0.29, 0.717) is 0 Å². The van der Waals surface area contributed by atoms with E-state index in [-0.39, 0.29) is 0 Å². The van der Waals surface area contributed by atoms with E-state index in [9.17, 15) is 0 Å². The number of hydrogen-bond acceptors (Lipinski definition) is 0. The van der Waals surface area contributed by atoms with Gasteiger partial charge in [0.05, 0.1) is 0 Å². The van der Waals surface area contributed by atoms with Crippen LogP contribution in [0.25, 0.3) is 0 Å². The topological polar surface area (TPSA) is 3.88 Å². The zero-order valence-electron chi connectivity index (χ0n) is 6.48. The third-order valence-electron chi connectivity index (χ3n) is 1.66. The zero-order chi connectivity index (χ0) is 7.72. The van der Waals surface area contributed by atoms with Gasteiger partial charge in [-0.25, -0.2) is 4.57 Å². The van der Waals surface area contributed by atoms with Crippen molar-refractivity contribution in [1.82, 2.24) is 0 Å². The van der Waals surface area contributed by atoms with E-state index in [1.807, 2.05) is 24.7 Å². The molecule has 1 aromatic rings. The number of hydrogen-bond donors (Lipinski definition) is 0. The molecule has 0 aliphatic heterocycles. The van der Waals surface area contributed by atoms with Crippen molar-refractivity contribution in [2.45, 2.75) is 13.8 Å². The van der Waals surface area contributed by atoms with Crippen molar-refractivity contribution in [1.29, 1.82) is 0 Å². The maximum atomic E-state index is 5.90. The highest BCUT2D eigenvalue weighted by Gasteiger charge is 2.03. The van der Waals surface area contributed by atoms with Crippen molar-refractivity contribution in [2.75, 3.05) is 0 Å². The summed E-state index contributed by atoms with van der Waals surface area (Å²) in [5, 5.41) is 0.836. The molecule has 54 valence electrons. The maximum Gasteiger partial charge on any atom is 0.187 e. The van der Waals surface area contributed by atoms with E-state index in [4.69, 9.17) is 11.6 Å². The van der Waals surface area contributed by atoms with Gasteiger partial charge >= 0.3 is 0 Å². The Hall–Kier alpha value is -0.560. The molecule has 0 saturated heterocycles. The van der Waals surface area contributed by atoms with E-state index in [0.717, 1.165) is 5.02 Å². The zero-order valence-corrected chi connectivity index (χ0v) is 7.24. The molecule has 1 heterocycles. The van der Waals surface area contributed by atoms with Crippen LogP contribution in [0.4, 0.5) is 0 Å². The van der Waals surface area contributed by atoms with E-state index >= 15 is 0 Å². The Bertz CT molecular complexity index is 232. The van der Waals surface area contributed by atoms with Crippen LogP contribution in [0.3, 0.4) is 0 Å². The predicted octanol–water partition coefficient (Wildman–Crippen LogP) is 1.78. The minimum atomic E-state index is 0.836. The molecule has 1 aromatic heterocycles. The third-order valence-corrected chi connectivity index (χ3v) is 2.05. The van der Waals surface area contributed by atoms with Crippen LogP contribution in [0.15, 0.2) is 12.4 Å². The Balaban J connectivity index is 3.31. The van der Waals surface area contributed by atoms with Gasteiger partial charge in [0.1, 0.15) is 12.1 Å². The molecule has 0 aliphatic rings. The summed E-state index contributed by atoms with van der Waals surface area (Å²) in [5.41, 5.74) is 2.40. The molecule has 0 radical (unpaired) electrons. The number of nitrogens with zero attached hydrogens (tertiary/aromatic N) is 1. The van der Waals surface area contributed by atoms with Gasteiger partial charge in [-0.15, -0.1) is 0 Å². The van der Waals surface area contributed by atoms with Gasteiger partial charge in [0.2, 0.25) is 0 Å². The summed E-state index contributed by atoms with van der Waals surface area (Å²) in [7, 11) is 1.97. The molecule has 0 aromatic carbocycles. The molecule has 0 bridgehead atoms. The Morgan fingerprint density at radius 3 is 2.40 bits per heavy atom. The Kier molecular flexibility index (Phi) is 1.95. The fourth-order valence-electron chi connectivity index (χ4n) is 0.904. The summed E-state index contributed by atoms with van der Waals surface area (Å²) >= 11 is 5.90. The monoisotopic (exact) mass is 156 g/mol. The van der Waals surface area contributed by atoms with Gasteiger partial charge in [-0.3, -0.25) is 0 Å². The van der Waals surface area contributed by atoms with Gasteiger partial charge in [0, 0.05) is 5.56 Å². The molecule has 10 heavy (non-hydrogen) atoms. The summed E-state index contributed by atoms with van der Waals surface area (Å²) < 4.78 is 1.96. The molecule has 0 amide bonds. The molecule has 0 unspecified atom stereocenters. The van der Waals surface area contributed by atoms with E-state index in [2.05, 4.69) is 13.1 Å². The first-order chi connectivity index (χ1) is 4.61. The lowest BCUT2D eigenvalue weighted by Gasteiger charge is -1.97. The van der Waals surface area contributed by atoms with Crippen LogP contribution in [0, 0.1) is 13.8 Å². The Morgan fingerprint density at radius 2 is 1.90 bits per heavy atom. The standard InChI is InChI=1S/C8H11ClN/c1-6-4-10(3)5-8(9)7(6)2/h4-5H,1-3H3/q+1. The smallest absolute Gasteiger partial charge is 0.187 e. The lowest BCUT2D eigenvalue weighted by Crippen LogP contribution is -2.27. The Morgan fingerprint density at radius 1 is 1.30 bits per heavy atom. The van der Waals surface area contributed by atoms with Crippen molar-refractivity contribution in [3.05, 3.63) is 28.5 Å². The SMILES string of the molecule is Cc1c[n+](C)cc(Cl)c1C. The third kappa shape index (κ3) is 1.29. The average molecular weight is 157 g/mol. The number of rotatable bonds is 0. The second kappa shape index (κ2) is 2.59. The first kappa shape index (κ1) is 7.55. The molecule has 0 fully saturated rings. The molecule has 1 rings (SSSR count). The fraction of sp³-hybridized carbons (Fsp3) is 0.375. The van der Waals surface area contributed by atoms with Crippen LogP contribution in [-0.2, 0) is 7.05 Å². The molecule has 0 spiro atoms. The van der Waals surface area contributed by atoms with Crippen LogP contribution in [0.1, 0.15) is 11.1 Å². The van der Waals surface area contributed by atoms with Gasteiger partial charge < -0.3 is 0 Å². The van der Waals surface area contributed by atoms with Crippen LogP contribution < -0.4 is 4.57 Å². The van der Waals surface area contributed by atoms with E-state index in [1.54, 1.807) is 0 Å². The minimum absolute atomic E-state index is 0.836. The number of pyridine rings is 1. The van der Waals surface area contributed by atoms with Crippen LogP contribution in [0.5, 0.6) is 0 Å². The summed E-state index contributed by atoms with van der Waals surface area (Å²) in [4.78, 5) is 0. The highest BCUT2D eigenvalue weighted by Crippen LogP contribution is 2.14. The second-order valence-electron chi connectivity index (χ2n) is 2.58. The largest absolute Gasteiger partial charge is 0.206 e. The molecule has 2 heteroatoms. The van der Waals surface area contributed by atoms with Crippen molar-refractivity contribution >= 4 is 11.6 Å². The maximum absolute atomic E-state index is 5.90. The number of aromatic nitrogens is 1. The number of halogens is 1. The minimum Gasteiger partial charge on any atom is -0.206 e. The lowest BCUT2D eigenvalue weighted by molar-refractivity contribution is -0.671. The van der Waals surface area contributed by atoms with Crippen LogP contribution in [0.2, 0.25) is 5.02 Å². The van der Waals surface area contributed by atoms with E-state index < -0.39 is 0 Å². The van der Waals surface area contributed by atoms with Gasteiger partial charge in [0.15, 0.2) is 12.4 Å². The summed E-state index contributed by atoms with van der Waals surface area (Å²) in [6.45, 7) is 4.08. The molecule has 1 nitrogen and oxygen atoms in total. The lowest BCUT2D eigenvalue weighted by atomic mass is 10.2. The highest BCUT2D eigenvalue weighted by atomic mass is 35.5. The van der Waals surface area contributed by atoms with Crippen LogP contribution >= 0.6 is 11.6 Å². The molecular formula is C8H11ClN+. The molecule has 0 saturated carbocycles.